The molecule has 0 radical (unpaired) electrons. The van der Waals surface area contributed by atoms with Crippen molar-refractivity contribution in [2.75, 3.05) is 5.75 Å². The van der Waals surface area contributed by atoms with Crippen LogP contribution >= 0.6 is 11.8 Å². The number of nitrogens with one attached hydrogen (secondary N) is 2. The van der Waals surface area contributed by atoms with Gasteiger partial charge in [0.25, 0.3) is 23.2 Å². The summed E-state index contributed by atoms with van der Waals surface area (Å²) in [6.07, 6.45) is 0.622. The molecule has 0 saturated heterocycles. The van der Waals surface area contributed by atoms with Crippen molar-refractivity contribution >= 4 is 40.7 Å². The third kappa shape index (κ3) is 8.00. The molecule has 0 bridgehead atoms. The minimum absolute atomic E-state index is 0.185. The molecule has 0 heterocycles. The highest BCUT2D eigenvalue weighted by Gasteiger charge is 2.25. The standard InChI is InChI=1S/C21H23N5O6S/c1-3-14(2)23-24-21(28)19(13-33-12-15-7-5-4-6-8-15)22-20(27)16-9-17(25(29)30)11-18(10-16)26(31)32/h4-11,19H,3,12-13H2,1-2H3,(H,22,27)(H,24,28)/t19-/m1/s1. The van der Waals surface area contributed by atoms with Gasteiger partial charge in [-0.3, -0.25) is 29.8 Å². The molecule has 2 aromatic carbocycles. The number of hydrogen-bond acceptors (Lipinski definition) is 8. The summed E-state index contributed by atoms with van der Waals surface area (Å²) in [4.78, 5) is 46.0. The summed E-state index contributed by atoms with van der Waals surface area (Å²) in [6, 6.07) is 11.1. The SMILES string of the molecule is CCC(C)=NNC(=O)[C@@H](CSCc1ccccc1)NC(=O)c1cc([N+](=O)[O-])cc([N+](=O)[O-])c1. The number of carbonyl (C=O) groups is 2. The Labute approximate surface area is 193 Å². The number of rotatable bonds is 11. The summed E-state index contributed by atoms with van der Waals surface area (Å²) in [7, 11) is 0. The van der Waals surface area contributed by atoms with Gasteiger partial charge in [-0.05, 0) is 18.9 Å². The first-order valence-electron chi connectivity index (χ1n) is 9.90. The quantitative estimate of drug-likeness (QED) is 0.287. The molecule has 2 N–H and O–H groups in total. The van der Waals surface area contributed by atoms with Crippen LogP contribution in [0.3, 0.4) is 0 Å². The van der Waals surface area contributed by atoms with Crippen LogP contribution in [0.15, 0.2) is 53.6 Å². The highest BCUT2D eigenvalue weighted by atomic mass is 32.2. The zero-order valence-electron chi connectivity index (χ0n) is 18.0. The summed E-state index contributed by atoms with van der Waals surface area (Å²) in [5, 5.41) is 28.7. The molecule has 0 aliphatic heterocycles. The van der Waals surface area contributed by atoms with Crippen LogP contribution in [0.2, 0.25) is 0 Å². The number of nitro benzene ring substituents is 2. The summed E-state index contributed by atoms with van der Waals surface area (Å²) in [6.45, 7) is 3.61. The van der Waals surface area contributed by atoms with Gasteiger partial charge in [0.05, 0.1) is 21.5 Å². The monoisotopic (exact) mass is 473 g/mol. The van der Waals surface area contributed by atoms with Gasteiger partial charge in [0.1, 0.15) is 6.04 Å². The predicted molar refractivity (Wildman–Crippen MR) is 125 cm³/mol. The van der Waals surface area contributed by atoms with E-state index in [0.717, 1.165) is 23.8 Å². The molecule has 0 fully saturated rings. The molecule has 11 nitrogen and oxygen atoms in total. The molecule has 12 heteroatoms. The van der Waals surface area contributed by atoms with Gasteiger partial charge in [-0.1, -0.05) is 37.3 Å². The molecule has 0 aliphatic carbocycles. The molecule has 0 spiro atoms. The molecule has 174 valence electrons. The summed E-state index contributed by atoms with van der Waals surface area (Å²) >= 11 is 1.40. The normalized spacial score (nSPS) is 12.0. The van der Waals surface area contributed by atoms with Crippen molar-refractivity contribution in [3.8, 4) is 0 Å². The molecule has 0 aliphatic rings. The number of carbonyl (C=O) groups excluding carboxylic acids is 2. The molecule has 0 unspecified atom stereocenters. The number of non-ortho nitro benzene ring substituents is 2. The lowest BCUT2D eigenvalue weighted by molar-refractivity contribution is -0.394. The minimum Gasteiger partial charge on any atom is -0.339 e. The van der Waals surface area contributed by atoms with Crippen molar-refractivity contribution in [1.29, 1.82) is 0 Å². The van der Waals surface area contributed by atoms with E-state index in [1.54, 1.807) is 6.92 Å². The van der Waals surface area contributed by atoms with Gasteiger partial charge in [-0.15, -0.1) is 0 Å². The summed E-state index contributed by atoms with van der Waals surface area (Å²) in [5.74, 6) is -0.653. The Hall–Kier alpha value is -3.80. The zero-order chi connectivity index (χ0) is 24.4. The smallest absolute Gasteiger partial charge is 0.277 e. The number of benzene rings is 2. The third-order valence-corrected chi connectivity index (χ3v) is 5.58. The minimum atomic E-state index is -1.03. The second-order valence-electron chi connectivity index (χ2n) is 6.96. The molecule has 1 atom stereocenters. The van der Waals surface area contributed by atoms with Crippen molar-refractivity contribution in [3.63, 3.8) is 0 Å². The van der Waals surface area contributed by atoms with Gasteiger partial charge in [0.15, 0.2) is 0 Å². The van der Waals surface area contributed by atoms with Crippen LogP contribution in [0.25, 0.3) is 0 Å². The van der Waals surface area contributed by atoms with E-state index in [2.05, 4.69) is 15.8 Å². The van der Waals surface area contributed by atoms with E-state index in [1.165, 1.54) is 11.8 Å². The van der Waals surface area contributed by atoms with Gasteiger partial charge in [-0.25, -0.2) is 5.43 Å². The average Bonchev–Trinajstić information content (AvgIpc) is 2.81. The van der Waals surface area contributed by atoms with E-state index in [0.29, 0.717) is 17.9 Å². The highest BCUT2D eigenvalue weighted by Crippen LogP contribution is 2.23. The average molecular weight is 474 g/mol. The van der Waals surface area contributed by atoms with Gasteiger partial charge in [0, 0.05) is 29.4 Å². The van der Waals surface area contributed by atoms with Crippen molar-refractivity contribution in [1.82, 2.24) is 10.7 Å². The lowest BCUT2D eigenvalue weighted by Gasteiger charge is -2.17. The Morgan fingerprint density at radius 1 is 1.06 bits per heavy atom. The molecule has 2 aromatic rings. The van der Waals surface area contributed by atoms with Crippen LogP contribution in [0.1, 0.15) is 36.2 Å². The fourth-order valence-corrected chi connectivity index (χ4v) is 3.55. The molecular formula is C21H23N5O6S. The largest absolute Gasteiger partial charge is 0.339 e. The lowest BCUT2D eigenvalue weighted by Crippen LogP contribution is -2.47. The maximum absolute atomic E-state index is 12.8. The highest BCUT2D eigenvalue weighted by molar-refractivity contribution is 7.98. The van der Waals surface area contributed by atoms with Crippen LogP contribution in [0.5, 0.6) is 0 Å². The Bertz CT molecular complexity index is 1030. The molecule has 33 heavy (non-hydrogen) atoms. The number of amides is 2. The number of hydrazone groups is 1. The molecule has 0 aromatic heterocycles. The van der Waals surface area contributed by atoms with Gasteiger partial charge in [0.2, 0.25) is 0 Å². The second-order valence-corrected chi connectivity index (χ2v) is 7.99. The zero-order valence-corrected chi connectivity index (χ0v) is 18.8. The molecule has 2 rings (SSSR count). The van der Waals surface area contributed by atoms with Crippen molar-refractivity contribution in [2.45, 2.75) is 32.1 Å². The maximum atomic E-state index is 12.8. The number of hydrogen-bond donors (Lipinski definition) is 2. The van der Waals surface area contributed by atoms with Crippen LogP contribution in [0.4, 0.5) is 11.4 Å². The number of nitrogens with zero attached hydrogens (tertiary/aromatic N) is 3. The predicted octanol–water partition coefficient (Wildman–Crippen LogP) is 3.44. The Balaban J connectivity index is 2.21. The Kier molecular flexibility index (Phi) is 9.48. The molecular weight excluding hydrogens is 450 g/mol. The number of thioether (sulfide) groups is 1. The second kappa shape index (κ2) is 12.3. The van der Waals surface area contributed by atoms with E-state index in [4.69, 9.17) is 0 Å². The first kappa shape index (κ1) is 25.5. The summed E-state index contributed by atoms with van der Waals surface area (Å²) in [5.41, 5.74) is 2.62. The van der Waals surface area contributed by atoms with Crippen LogP contribution in [-0.2, 0) is 10.5 Å². The van der Waals surface area contributed by atoms with Crippen molar-refractivity contribution < 1.29 is 19.4 Å². The molecule has 2 amide bonds. The van der Waals surface area contributed by atoms with E-state index in [1.807, 2.05) is 37.3 Å². The van der Waals surface area contributed by atoms with Crippen LogP contribution < -0.4 is 10.7 Å². The first-order chi connectivity index (χ1) is 15.7. The molecule has 0 saturated carbocycles. The van der Waals surface area contributed by atoms with Gasteiger partial charge in [-0.2, -0.15) is 16.9 Å². The van der Waals surface area contributed by atoms with Gasteiger partial charge < -0.3 is 5.32 Å². The first-order valence-corrected chi connectivity index (χ1v) is 11.1. The van der Waals surface area contributed by atoms with Crippen LogP contribution in [0, 0.1) is 20.2 Å². The fraction of sp³-hybridized carbons (Fsp3) is 0.286. The van der Waals surface area contributed by atoms with Crippen molar-refractivity contribution in [2.24, 2.45) is 5.10 Å². The third-order valence-electron chi connectivity index (χ3n) is 4.47. The maximum Gasteiger partial charge on any atom is 0.277 e. The number of nitro groups is 2. The fourth-order valence-electron chi connectivity index (χ4n) is 2.54. The summed E-state index contributed by atoms with van der Waals surface area (Å²) < 4.78 is 0. The van der Waals surface area contributed by atoms with E-state index in [-0.39, 0.29) is 11.3 Å². The topological polar surface area (TPSA) is 157 Å². The van der Waals surface area contributed by atoms with E-state index < -0.39 is 39.1 Å². The lowest BCUT2D eigenvalue weighted by atomic mass is 10.1. The van der Waals surface area contributed by atoms with E-state index >= 15 is 0 Å². The Morgan fingerprint density at radius 3 is 2.21 bits per heavy atom. The van der Waals surface area contributed by atoms with Crippen molar-refractivity contribution in [3.05, 3.63) is 79.9 Å². The van der Waals surface area contributed by atoms with E-state index in [9.17, 15) is 29.8 Å². The van der Waals surface area contributed by atoms with Gasteiger partial charge >= 0.3 is 0 Å². The Morgan fingerprint density at radius 2 is 1.67 bits per heavy atom. The van der Waals surface area contributed by atoms with Crippen LogP contribution in [-0.4, -0.2) is 39.2 Å².